The Bertz CT molecular complexity index is 1320. The summed E-state index contributed by atoms with van der Waals surface area (Å²) >= 11 is 1.69. The third-order valence-corrected chi connectivity index (χ3v) is 6.98. The van der Waals surface area contributed by atoms with E-state index >= 15 is 0 Å². The molecule has 180 valence electrons. The Hall–Kier alpha value is -3.29. The molecule has 1 unspecified atom stereocenters. The maximum atomic E-state index is 13.5. The highest BCUT2D eigenvalue weighted by Crippen LogP contribution is 2.31. The molecule has 5 rings (SSSR count). The fraction of sp³-hybridized carbons (Fsp3) is 0.286. The van der Waals surface area contributed by atoms with Crippen molar-refractivity contribution in [3.05, 3.63) is 78.3 Å². The number of methoxy groups -OCH3 is 1. The van der Waals surface area contributed by atoms with Crippen molar-refractivity contribution in [3.63, 3.8) is 0 Å². The first-order valence-electron chi connectivity index (χ1n) is 11.7. The predicted molar refractivity (Wildman–Crippen MR) is 137 cm³/mol. The van der Waals surface area contributed by atoms with Gasteiger partial charge < -0.3 is 18.8 Å². The van der Waals surface area contributed by atoms with Gasteiger partial charge in [0.2, 0.25) is 0 Å². The van der Waals surface area contributed by atoms with Gasteiger partial charge in [-0.15, -0.1) is 11.8 Å². The summed E-state index contributed by atoms with van der Waals surface area (Å²) in [5.41, 5.74) is 3.65. The molecule has 35 heavy (non-hydrogen) atoms. The van der Waals surface area contributed by atoms with Crippen molar-refractivity contribution in [2.24, 2.45) is 0 Å². The van der Waals surface area contributed by atoms with E-state index < -0.39 is 6.10 Å². The molecule has 2 aromatic carbocycles. The molecule has 4 aromatic rings. The highest BCUT2D eigenvalue weighted by molar-refractivity contribution is 7.98. The summed E-state index contributed by atoms with van der Waals surface area (Å²) in [6.45, 7) is 1.38. The third-order valence-electron chi connectivity index (χ3n) is 6.25. The summed E-state index contributed by atoms with van der Waals surface area (Å²) in [7, 11) is 1.66. The van der Waals surface area contributed by atoms with E-state index in [0.717, 1.165) is 57.0 Å². The molecule has 1 amide bonds. The van der Waals surface area contributed by atoms with Gasteiger partial charge in [-0.2, -0.15) is 0 Å². The fourth-order valence-electron chi connectivity index (χ4n) is 4.44. The molecule has 1 aliphatic heterocycles. The summed E-state index contributed by atoms with van der Waals surface area (Å²) in [6, 6.07) is 20.0. The molecule has 6 nitrogen and oxygen atoms in total. The zero-order chi connectivity index (χ0) is 24.2. The Balaban J connectivity index is 1.59. The van der Waals surface area contributed by atoms with E-state index in [2.05, 4.69) is 30.5 Å². The summed E-state index contributed by atoms with van der Waals surface area (Å²) < 4.78 is 16.8. The van der Waals surface area contributed by atoms with Crippen LogP contribution in [0.15, 0.2) is 76.2 Å². The highest BCUT2D eigenvalue weighted by atomic mass is 32.2. The Labute approximate surface area is 209 Å². The van der Waals surface area contributed by atoms with Gasteiger partial charge in [0.05, 0.1) is 31.1 Å². The van der Waals surface area contributed by atoms with Gasteiger partial charge in [-0.1, -0.05) is 18.2 Å². The van der Waals surface area contributed by atoms with E-state index in [1.165, 1.54) is 0 Å². The highest BCUT2D eigenvalue weighted by Gasteiger charge is 2.29. The molecule has 0 aliphatic carbocycles. The molecule has 1 aliphatic rings. The normalized spacial score (nSPS) is 15.4. The lowest BCUT2D eigenvalue weighted by atomic mass is 10.0. The summed E-state index contributed by atoms with van der Waals surface area (Å²) in [5, 5.41) is 1.03. The molecular formula is C28H28N2O4S. The van der Waals surface area contributed by atoms with Crippen LogP contribution in [-0.2, 0) is 22.6 Å². The monoisotopic (exact) mass is 488 g/mol. The van der Waals surface area contributed by atoms with Crippen molar-refractivity contribution in [1.82, 2.24) is 9.88 Å². The van der Waals surface area contributed by atoms with Gasteiger partial charge >= 0.3 is 0 Å². The molecule has 1 fully saturated rings. The van der Waals surface area contributed by atoms with E-state index in [9.17, 15) is 4.79 Å². The van der Waals surface area contributed by atoms with Crippen LogP contribution in [0.2, 0.25) is 0 Å². The number of pyridine rings is 1. The minimum absolute atomic E-state index is 0.0201. The van der Waals surface area contributed by atoms with Crippen LogP contribution >= 0.6 is 11.8 Å². The number of fused-ring (bicyclic) bond motifs is 1. The van der Waals surface area contributed by atoms with Crippen molar-refractivity contribution in [2.75, 3.05) is 20.0 Å². The molecule has 1 saturated heterocycles. The summed E-state index contributed by atoms with van der Waals surface area (Å²) in [6.07, 6.45) is 4.91. The van der Waals surface area contributed by atoms with Gasteiger partial charge in [-0.05, 0) is 67.1 Å². The van der Waals surface area contributed by atoms with Crippen LogP contribution in [0, 0.1) is 0 Å². The number of nitrogens with zero attached hydrogens (tertiary/aromatic N) is 2. The molecule has 0 N–H and O–H groups in total. The van der Waals surface area contributed by atoms with Crippen molar-refractivity contribution in [1.29, 1.82) is 0 Å². The van der Waals surface area contributed by atoms with Gasteiger partial charge in [0.1, 0.15) is 17.6 Å². The first kappa shape index (κ1) is 23.5. The largest absolute Gasteiger partial charge is 0.497 e. The number of carbonyl (C=O) groups is 1. The molecule has 2 aromatic heterocycles. The number of rotatable bonds is 8. The van der Waals surface area contributed by atoms with Crippen LogP contribution in [0.3, 0.4) is 0 Å². The zero-order valence-corrected chi connectivity index (χ0v) is 20.7. The average Bonchev–Trinajstić information content (AvgIpc) is 3.62. The summed E-state index contributed by atoms with van der Waals surface area (Å²) in [4.78, 5) is 21.5. The van der Waals surface area contributed by atoms with Crippen LogP contribution in [0.25, 0.3) is 22.2 Å². The Kier molecular flexibility index (Phi) is 7.06. The zero-order valence-electron chi connectivity index (χ0n) is 19.9. The van der Waals surface area contributed by atoms with Crippen LogP contribution in [0.1, 0.15) is 24.2 Å². The van der Waals surface area contributed by atoms with E-state index in [0.29, 0.717) is 19.7 Å². The quantitative estimate of drug-likeness (QED) is 0.286. The lowest BCUT2D eigenvalue weighted by Crippen LogP contribution is -2.38. The number of ether oxygens (including phenoxy) is 2. The number of hydrogen-bond acceptors (Lipinski definition) is 6. The van der Waals surface area contributed by atoms with Crippen molar-refractivity contribution in [3.8, 4) is 17.0 Å². The Morgan fingerprint density at radius 2 is 2.06 bits per heavy atom. The standard InChI is InChI=1S/C28H28N2O4S/c1-32-22-7-3-6-20(15-22)27-21(14-19-10-11-24(35-2)16-25(19)29-27)17-30(18-23-8-4-12-33-23)28(31)26-9-5-13-34-26/h3-4,6-8,10-12,14-16,26H,5,9,13,17-18H2,1-2H3. The van der Waals surface area contributed by atoms with Crippen LogP contribution in [0.4, 0.5) is 0 Å². The van der Waals surface area contributed by atoms with E-state index in [-0.39, 0.29) is 5.91 Å². The van der Waals surface area contributed by atoms with Gasteiger partial charge in [0.15, 0.2) is 0 Å². The van der Waals surface area contributed by atoms with E-state index in [4.69, 9.17) is 18.9 Å². The average molecular weight is 489 g/mol. The lowest BCUT2D eigenvalue weighted by molar-refractivity contribution is -0.142. The van der Waals surface area contributed by atoms with Crippen LogP contribution in [0.5, 0.6) is 5.75 Å². The van der Waals surface area contributed by atoms with Crippen LogP contribution in [-0.4, -0.2) is 41.9 Å². The number of furan rings is 1. The first-order valence-corrected chi connectivity index (χ1v) is 12.9. The second-order valence-corrected chi connectivity index (χ2v) is 9.44. The first-order chi connectivity index (χ1) is 17.1. The number of aromatic nitrogens is 1. The number of amides is 1. The molecule has 0 spiro atoms. The molecule has 0 saturated carbocycles. The SMILES string of the molecule is COc1cccc(-c2nc3cc(SC)ccc3cc2CN(Cc2ccco2)C(=O)C2CCCO2)c1. The molecule has 7 heteroatoms. The summed E-state index contributed by atoms with van der Waals surface area (Å²) in [5.74, 6) is 1.47. The van der Waals surface area contributed by atoms with Crippen molar-refractivity contribution in [2.45, 2.75) is 36.9 Å². The second kappa shape index (κ2) is 10.5. The second-order valence-electron chi connectivity index (χ2n) is 8.56. The Morgan fingerprint density at radius 1 is 1.14 bits per heavy atom. The van der Waals surface area contributed by atoms with Crippen molar-refractivity contribution >= 4 is 28.6 Å². The van der Waals surface area contributed by atoms with Gasteiger partial charge in [-0.3, -0.25) is 4.79 Å². The molecule has 1 atom stereocenters. The smallest absolute Gasteiger partial charge is 0.252 e. The molecule has 0 bridgehead atoms. The van der Waals surface area contributed by atoms with Gasteiger partial charge in [0.25, 0.3) is 5.91 Å². The lowest BCUT2D eigenvalue weighted by Gasteiger charge is -2.26. The number of thioether (sulfide) groups is 1. The Morgan fingerprint density at radius 3 is 2.80 bits per heavy atom. The molecular weight excluding hydrogens is 460 g/mol. The third kappa shape index (κ3) is 5.21. The van der Waals surface area contributed by atoms with Crippen molar-refractivity contribution < 1.29 is 18.7 Å². The fourth-order valence-corrected chi connectivity index (χ4v) is 4.88. The predicted octanol–water partition coefficient (Wildman–Crippen LogP) is 5.93. The topological polar surface area (TPSA) is 64.8 Å². The minimum Gasteiger partial charge on any atom is -0.497 e. The van der Waals surface area contributed by atoms with E-state index in [1.54, 1.807) is 25.1 Å². The van der Waals surface area contributed by atoms with E-state index in [1.807, 2.05) is 41.3 Å². The van der Waals surface area contributed by atoms with Gasteiger partial charge in [-0.25, -0.2) is 4.98 Å². The minimum atomic E-state index is -0.414. The molecule has 0 radical (unpaired) electrons. The number of hydrogen-bond donors (Lipinski definition) is 0. The van der Waals surface area contributed by atoms with Crippen LogP contribution < -0.4 is 4.74 Å². The maximum Gasteiger partial charge on any atom is 0.252 e. The number of carbonyl (C=O) groups excluding carboxylic acids is 1. The van der Waals surface area contributed by atoms with Gasteiger partial charge in [0, 0.05) is 29.0 Å². The molecule has 3 heterocycles. The number of benzene rings is 2. The maximum absolute atomic E-state index is 13.5.